The third-order valence-corrected chi connectivity index (χ3v) is 6.85. The Kier molecular flexibility index (Phi) is 8.25. The van der Waals surface area contributed by atoms with Gasteiger partial charge in [-0.15, -0.1) is 11.3 Å². The minimum absolute atomic E-state index is 0.0768. The highest BCUT2D eigenvalue weighted by molar-refractivity contribution is 7.14. The first-order chi connectivity index (χ1) is 18.7. The van der Waals surface area contributed by atoms with E-state index in [-0.39, 0.29) is 28.7 Å². The molecule has 11 nitrogen and oxygen atoms in total. The predicted octanol–water partition coefficient (Wildman–Crippen LogP) is 4.05. The third-order valence-electron chi connectivity index (χ3n) is 6.09. The molecule has 0 aliphatic carbocycles. The number of aromatic nitrogens is 3. The van der Waals surface area contributed by atoms with Crippen LogP contribution >= 0.6 is 11.3 Å². The first kappa shape index (κ1) is 27.3. The molecule has 2 heterocycles. The molecular formula is C27H26N4O7S. The number of Topliss-reactive ketones (excluding diaryl/α,β-unsaturated/α-hetero) is 1. The van der Waals surface area contributed by atoms with E-state index in [1.807, 2.05) is 30.3 Å². The van der Waals surface area contributed by atoms with Crippen LogP contribution in [0.1, 0.15) is 48.3 Å². The van der Waals surface area contributed by atoms with Crippen LogP contribution in [0.25, 0.3) is 11.3 Å². The number of H-pyrrole nitrogens is 1. The van der Waals surface area contributed by atoms with Gasteiger partial charge >= 0.3 is 11.7 Å². The summed E-state index contributed by atoms with van der Waals surface area (Å²) >= 11 is 1.09. The van der Waals surface area contributed by atoms with Crippen LogP contribution in [0.2, 0.25) is 0 Å². The average Bonchev–Trinajstić information content (AvgIpc) is 3.52. The lowest BCUT2D eigenvalue weighted by atomic mass is 9.92. The number of ketones is 1. The normalized spacial score (nSPS) is 12.5. The van der Waals surface area contributed by atoms with E-state index in [4.69, 9.17) is 9.84 Å². The molecule has 202 valence electrons. The number of carbonyl (C=O) groups is 3. The van der Waals surface area contributed by atoms with Gasteiger partial charge in [-0.2, -0.15) is 0 Å². The van der Waals surface area contributed by atoms with E-state index in [1.165, 1.54) is 12.1 Å². The molecule has 4 N–H and O–H groups in total. The second-order valence-corrected chi connectivity index (χ2v) is 9.51. The van der Waals surface area contributed by atoms with E-state index >= 15 is 0 Å². The summed E-state index contributed by atoms with van der Waals surface area (Å²) < 4.78 is 6.12. The molecule has 39 heavy (non-hydrogen) atoms. The van der Waals surface area contributed by atoms with Crippen molar-refractivity contribution >= 4 is 34.1 Å². The van der Waals surface area contributed by atoms with Crippen molar-refractivity contribution in [3.63, 3.8) is 0 Å². The van der Waals surface area contributed by atoms with E-state index in [9.17, 15) is 24.3 Å². The Hall–Kier alpha value is -4.71. The van der Waals surface area contributed by atoms with Crippen molar-refractivity contribution in [1.82, 2.24) is 14.5 Å². The van der Waals surface area contributed by atoms with Gasteiger partial charge in [0.05, 0.1) is 0 Å². The highest BCUT2D eigenvalue weighted by Gasteiger charge is 2.33. The van der Waals surface area contributed by atoms with Crippen molar-refractivity contribution in [2.45, 2.75) is 32.2 Å². The molecule has 0 unspecified atom stereocenters. The smallest absolute Gasteiger partial charge is 0.341 e. The van der Waals surface area contributed by atoms with Crippen LogP contribution in [-0.4, -0.2) is 49.0 Å². The SMILES string of the molecule is CCC(=O)c1csc(NC(=O)[C@H]([C@@H](C)c2ccccc2)n2c(O)c(-c3ccc(OCC(=O)O)cc3)[nH]c2=O)n1. The monoisotopic (exact) mass is 550 g/mol. The van der Waals surface area contributed by atoms with Crippen molar-refractivity contribution in [2.24, 2.45) is 0 Å². The lowest BCUT2D eigenvalue weighted by Crippen LogP contribution is -2.35. The quantitative estimate of drug-likeness (QED) is 0.203. The zero-order valence-electron chi connectivity index (χ0n) is 21.1. The topological polar surface area (TPSA) is 164 Å². The number of nitrogens with one attached hydrogen (secondary N) is 2. The number of hydrogen-bond donors (Lipinski definition) is 4. The number of aromatic amines is 1. The molecule has 0 bridgehead atoms. The van der Waals surface area contributed by atoms with Crippen molar-refractivity contribution in [3.8, 4) is 22.9 Å². The molecule has 0 aliphatic rings. The van der Waals surface area contributed by atoms with Crippen molar-refractivity contribution in [3.05, 3.63) is 81.7 Å². The third kappa shape index (κ3) is 6.07. The maximum atomic E-state index is 13.6. The summed E-state index contributed by atoms with van der Waals surface area (Å²) in [4.78, 5) is 56.3. The van der Waals surface area contributed by atoms with Gasteiger partial charge in [0.1, 0.15) is 23.2 Å². The number of hydrogen-bond acceptors (Lipinski definition) is 8. The largest absolute Gasteiger partial charge is 0.493 e. The van der Waals surface area contributed by atoms with Crippen LogP contribution in [0.5, 0.6) is 11.6 Å². The number of anilines is 1. The number of nitrogens with zero attached hydrogens (tertiary/aromatic N) is 2. The lowest BCUT2D eigenvalue weighted by Gasteiger charge is -2.24. The summed E-state index contributed by atoms with van der Waals surface area (Å²) in [7, 11) is 0. The molecule has 0 saturated heterocycles. The molecule has 0 radical (unpaired) electrons. The number of ether oxygens (including phenoxy) is 1. The van der Waals surface area contributed by atoms with Crippen LogP contribution < -0.4 is 15.7 Å². The minimum Gasteiger partial charge on any atom is -0.493 e. The van der Waals surface area contributed by atoms with Crippen LogP contribution in [0.15, 0.2) is 64.8 Å². The molecule has 2 aromatic heterocycles. The van der Waals surface area contributed by atoms with E-state index in [0.717, 1.165) is 21.5 Å². The standard InChI is InChI=1S/C27H26N4O7S/c1-3-20(32)19-14-39-26(28-19)30-24(35)23(15(2)16-7-5-4-6-8-16)31-25(36)22(29-27(31)37)17-9-11-18(12-10-17)38-13-21(33)34/h4-12,14-15,23,36H,3,13H2,1-2H3,(H,29,37)(H,33,34)(H,28,30,35)/t15-,23-/m0/s1. The number of aromatic hydroxyl groups is 1. The molecule has 0 aliphatic heterocycles. The van der Waals surface area contributed by atoms with E-state index < -0.39 is 42.0 Å². The number of carbonyl (C=O) groups excluding carboxylic acids is 2. The summed E-state index contributed by atoms with van der Waals surface area (Å²) in [6, 6.07) is 14.0. The van der Waals surface area contributed by atoms with E-state index in [2.05, 4.69) is 15.3 Å². The summed E-state index contributed by atoms with van der Waals surface area (Å²) in [5.41, 5.74) is 0.781. The zero-order chi connectivity index (χ0) is 28.1. The highest BCUT2D eigenvalue weighted by atomic mass is 32.1. The fourth-order valence-corrected chi connectivity index (χ4v) is 4.81. The van der Waals surface area contributed by atoms with Gasteiger partial charge in [0.2, 0.25) is 11.8 Å². The summed E-state index contributed by atoms with van der Waals surface area (Å²) in [5, 5.41) is 24.4. The second kappa shape index (κ2) is 11.8. The zero-order valence-corrected chi connectivity index (χ0v) is 21.9. The van der Waals surface area contributed by atoms with Gasteiger partial charge in [-0.25, -0.2) is 19.1 Å². The Morgan fingerprint density at radius 1 is 1.13 bits per heavy atom. The molecule has 0 spiro atoms. The van der Waals surface area contributed by atoms with Gasteiger partial charge in [0.25, 0.3) is 0 Å². The van der Waals surface area contributed by atoms with Crippen LogP contribution in [-0.2, 0) is 9.59 Å². The molecule has 4 aromatic rings. The number of amides is 1. The summed E-state index contributed by atoms with van der Waals surface area (Å²) in [6.45, 7) is 2.96. The Morgan fingerprint density at radius 2 is 1.82 bits per heavy atom. The number of carboxylic acids is 1. The Bertz CT molecular complexity index is 1540. The summed E-state index contributed by atoms with van der Waals surface area (Å²) in [5.74, 6) is -2.60. The minimum atomic E-state index is -1.18. The number of aliphatic carboxylic acids is 1. The molecule has 2 atom stereocenters. The second-order valence-electron chi connectivity index (χ2n) is 8.65. The molecule has 4 rings (SSSR count). The number of rotatable bonds is 11. The van der Waals surface area contributed by atoms with E-state index in [1.54, 1.807) is 31.4 Å². The maximum absolute atomic E-state index is 13.6. The van der Waals surface area contributed by atoms with Gasteiger partial charge in [0.15, 0.2) is 17.5 Å². The van der Waals surface area contributed by atoms with Gasteiger partial charge in [0, 0.05) is 23.3 Å². The molecule has 0 saturated carbocycles. The number of imidazole rings is 1. The fraction of sp³-hybridized carbons (Fsp3) is 0.222. The highest BCUT2D eigenvalue weighted by Crippen LogP contribution is 2.35. The fourth-order valence-electron chi connectivity index (χ4n) is 4.09. The number of benzene rings is 2. The van der Waals surface area contributed by atoms with Crippen LogP contribution in [0.4, 0.5) is 5.13 Å². The number of thiazole rings is 1. The van der Waals surface area contributed by atoms with Gasteiger partial charge in [-0.05, 0) is 29.8 Å². The Balaban J connectivity index is 1.70. The first-order valence-electron chi connectivity index (χ1n) is 12.0. The summed E-state index contributed by atoms with van der Waals surface area (Å²) in [6.07, 6.45) is 0.271. The van der Waals surface area contributed by atoms with Crippen molar-refractivity contribution in [1.29, 1.82) is 0 Å². The Labute approximate surface area is 226 Å². The number of carboxylic acid groups (broad SMARTS) is 1. The van der Waals surface area contributed by atoms with E-state index in [0.29, 0.717) is 11.3 Å². The van der Waals surface area contributed by atoms with Crippen LogP contribution in [0, 0.1) is 0 Å². The Morgan fingerprint density at radius 3 is 2.46 bits per heavy atom. The molecule has 2 aromatic carbocycles. The van der Waals surface area contributed by atoms with Gasteiger partial charge in [-0.1, -0.05) is 44.2 Å². The van der Waals surface area contributed by atoms with Gasteiger partial charge < -0.3 is 25.3 Å². The van der Waals surface area contributed by atoms with Crippen molar-refractivity contribution < 1.29 is 29.3 Å². The van der Waals surface area contributed by atoms with Gasteiger partial charge in [-0.3, -0.25) is 9.59 Å². The molecule has 1 amide bonds. The lowest BCUT2D eigenvalue weighted by molar-refractivity contribution is -0.139. The average molecular weight is 551 g/mol. The van der Waals surface area contributed by atoms with Crippen LogP contribution in [0.3, 0.4) is 0 Å². The maximum Gasteiger partial charge on any atom is 0.341 e. The van der Waals surface area contributed by atoms with Crippen molar-refractivity contribution in [2.75, 3.05) is 11.9 Å². The predicted molar refractivity (Wildman–Crippen MR) is 145 cm³/mol. The first-order valence-corrected chi connectivity index (χ1v) is 12.9. The molecular weight excluding hydrogens is 524 g/mol. The molecule has 12 heteroatoms. The molecule has 0 fully saturated rings.